The quantitative estimate of drug-likeness (QED) is 0.110. The van der Waals surface area contributed by atoms with Crippen molar-refractivity contribution in [1.82, 2.24) is 0 Å². The summed E-state index contributed by atoms with van der Waals surface area (Å²) in [6.07, 6.45) is -4.85. The lowest BCUT2D eigenvalue weighted by atomic mass is 9.98. The van der Waals surface area contributed by atoms with E-state index < -0.39 is 99.6 Å². The maximum atomic E-state index is 9.20. The number of nitrogens with two attached hydrogens (primary N) is 1. The van der Waals surface area contributed by atoms with E-state index in [-0.39, 0.29) is 0 Å². The van der Waals surface area contributed by atoms with E-state index in [0.717, 1.165) is 0 Å². The first kappa shape index (κ1) is 53.5. The average Bonchev–Trinajstić information content (AvgIpc) is 2.54. The van der Waals surface area contributed by atoms with E-state index in [1.807, 2.05) is 0 Å². The fourth-order valence-electron chi connectivity index (χ4n) is 1.12. The van der Waals surface area contributed by atoms with E-state index in [0.29, 0.717) is 0 Å². The second-order valence-electron chi connectivity index (χ2n) is 5.49. The molecular formula is C6H25NO29S6. The molecule has 0 aliphatic carbocycles. The van der Waals surface area contributed by atoms with Crippen LogP contribution >= 0.6 is 0 Å². The van der Waals surface area contributed by atoms with E-state index in [2.05, 4.69) is 0 Å². The van der Waals surface area contributed by atoms with E-state index in [1.54, 1.807) is 0 Å². The summed E-state index contributed by atoms with van der Waals surface area (Å²) >= 11 is 0. The van der Waals surface area contributed by atoms with Crippen LogP contribution in [0.25, 0.3) is 0 Å². The van der Waals surface area contributed by atoms with Crippen LogP contribution in [-0.2, 0) is 67.1 Å². The van der Waals surface area contributed by atoms with Gasteiger partial charge in [-0.1, -0.05) is 0 Å². The molecule has 1 saturated heterocycles. The van der Waals surface area contributed by atoms with Gasteiger partial charge in [-0.3, -0.25) is 54.6 Å². The predicted octanol–water partition coefficient (Wildman–Crippen LogP) is -7.17. The summed E-state index contributed by atoms with van der Waals surface area (Å²) in [5, 5.41) is 36.1. The van der Waals surface area contributed by atoms with E-state index in [9.17, 15) is 10.2 Å². The molecule has 0 amide bonds. The molecule has 36 heteroatoms. The van der Waals surface area contributed by atoms with Crippen molar-refractivity contribution >= 4 is 62.4 Å². The van der Waals surface area contributed by atoms with Crippen LogP contribution in [0, 0.1) is 0 Å². The van der Waals surface area contributed by atoms with Crippen molar-refractivity contribution in [3.05, 3.63) is 0 Å². The molecule has 30 nitrogen and oxygen atoms in total. The first-order chi connectivity index (χ1) is 17.6. The summed E-state index contributed by atoms with van der Waals surface area (Å²) in [4.78, 5) is 0. The van der Waals surface area contributed by atoms with Gasteiger partial charge in [0.15, 0.2) is 6.29 Å². The molecule has 1 heterocycles. The molecule has 0 aromatic heterocycles. The van der Waals surface area contributed by atoms with E-state index >= 15 is 0 Å². The Labute approximate surface area is 235 Å². The Bertz CT molecular complexity index is 1060. The molecule has 0 radical (unpaired) electrons. The van der Waals surface area contributed by atoms with Crippen molar-refractivity contribution in [2.45, 2.75) is 30.6 Å². The van der Waals surface area contributed by atoms with Crippen molar-refractivity contribution < 1.29 is 130 Å². The van der Waals surface area contributed by atoms with Gasteiger partial charge in [0.25, 0.3) is 0 Å². The third kappa shape index (κ3) is 128. The zero-order chi connectivity index (χ0) is 36.3. The monoisotopic (exact) mass is 767 g/mol. The van der Waals surface area contributed by atoms with Crippen molar-refractivity contribution in [2.24, 2.45) is 5.73 Å². The third-order valence-corrected chi connectivity index (χ3v) is 1.95. The standard InChI is InChI=1S/C6H13NO5.6H2O4S/c7-3-5(10)4(9)2(1-8)12-6(3)11;6*1-5(2,3)4/h2-6,8-11H,1,7H2;6*(H2,1,2,3,4)/t2-,3-,4-,5-,6-;;;;;;/m1....../s1. The van der Waals surface area contributed by atoms with Gasteiger partial charge in [0.2, 0.25) is 0 Å². The summed E-state index contributed by atoms with van der Waals surface area (Å²) in [5.74, 6) is 0. The van der Waals surface area contributed by atoms with E-state index in [1.165, 1.54) is 0 Å². The highest BCUT2D eigenvalue weighted by molar-refractivity contribution is 7.81. The minimum atomic E-state index is -4.67. The number of aliphatic hydroxyl groups is 4. The highest BCUT2D eigenvalue weighted by Gasteiger charge is 2.41. The Morgan fingerprint density at radius 3 is 0.762 bits per heavy atom. The summed E-state index contributed by atoms with van der Waals surface area (Å²) < 4.78 is 194. The first-order valence-electron chi connectivity index (χ1n) is 7.83. The highest BCUT2D eigenvalue weighted by atomic mass is 32.3. The number of hydrogen-bond donors (Lipinski definition) is 17. The molecule has 18 N–H and O–H groups in total. The summed E-state index contributed by atoms with van der Waals surface area (Å²) in [5.41, 5.74) is 5.26. The van der Waals surface area contributed by atoms with Gasteiger partial charge >= 0.3 is 62.4 Å². The molecule has 5 atom stereocenters. The Morgan fingerprint density at radius 1 is 0.452 bits per heavy atom. The van der Waals surface area contributed by atoms with Gasteiger partial charge in [0.1, 0.15) is 18.3 Å². The largest absolute Gasteiger partial charge is 0.394 e. The van der Waals surface area contributed by atoms with Gasteiger partial charge in [0, 0.05) is 0 Å². The van der Waals surface area contributed by atoms with E-state index in [4.69, 9.17) is 126 Å². The molecule has 42 heavy (non-hydrogen) atoms. The topological polar surface area (TPSA) is 564 Å². The van der Waals surface area contributed by atoms with Crippen LogP contribution in [-0.4, -0.2) is 163 Å². The third-order valence-electron chi connectivity index (χ3n) is 1.95. The minimum Gasteiger partial charge on any atom is -0.394 e. The van der Waals surface area contributed by atoms with Gasteiger partial charge in [-0.2, -0.15) is 50.5 Å². The molecule has 0 bridgehead atoms. The fourth-order valence-corrected chi connectivity index (χ4v) is 1.12. The summed E-state index contributed by atoms with van der Waals surface area (Å²) in [6.45, 7) is -0.470. The molecule has 264 valence electrons. The smallest absolute Gasteiger partial charge is 0.394 e. The normalized spacial score (nSPS) is 22.4. The van der Waals surface area contributed by atoms with Gasteiger partial charge in [-0.05, 0) is 0 Å². The van der Waals surface area contributed by atoms with Gasteiger partial charge in [0.05, 0.1) is 12.6 Å². The lowest BCUT2D eigenvalue weighted by Gasteiger charge is -2.38. The molecular weight excluding hydrogens is 742 g/mol. The van der Waals surface area contributed by atoms with Crippen LogP contribution in [0.3, 0.4) is 0 Å². The number of aliphatic hydroxyl groups excluding tert-OH is 4. The molecule has 0 aromatic carbocycles. The van der Waals surface area contributed by atoms with Crippen molar-refractivity contribution in [3.8, 4) is 0 Å². The minimum absolute atomic E-state index is 0.470. The molecule has 0 saturated carbocycles. The number of ether oxygens (including phenoxy) is 1. The van der Waals surface area contributed by atoms with Crippen LogP contribution in [0.5, 0.6) is 0 Å². The molecule has 1 rings (SSSR count). The zero-order valence-corrected chi connectivity index (χ0v) is 24.0. The maximum absolute atomic E-state index is 9.20. The Hall–Kier alpha value is -1.02. The SMILES string of the molecule is N[C@@H]1[C@@H](O)[C@H](O)[C@@H](CO)O[C@H]1O.O=S(=O)(O)O.O=S(=O)(O)O.O=S(=O)(O)O.O=S(=O)(O)O.O=S(=O)(O)O.O=S(=O)(O)O. The maximum Gasteiger partial charge on any atom is 0.394 e. The Kier molecular flexibility index (Phi) is 28.7. The van der Waals surface area contributed by atoms with Crippen molar-refractivity contribution in [1.29, 1.82) is 0 Å². The first-order valence-corrected chi connectivity index (χ1v) is 16.2. The second kappa shape index (κ2) is 22.5. The van der Waals surface area contributed by atoms with Crippen LogP contribution in [0.1, 0.15) is 0 Å². The summed E-state index contributed by atoms with van der Waals surface area (Å²) in [7, 11) is -28.0. The lowest BCUT2D eigenvalue weighted by molar-refractivity contribution is -0.248. The molecule has 0 aromatic rings. The van der Waals surface area contributed by atoms with Crippen LogP contribution < -0.4 is 5.73 Å². The molecule has 1 aliphatic rings. The molecule has 0 spiro atoms. The van der Waals surface area contributed by atoms with Crippen LogP contribution in [0.4, 0.5) is 0 Å². The fraction of sp³-hybridized carbons (Fsp3) is 1.00. The zero-order valence-electron chi connectivity index (χ0n) is 19.1. The van der Waals surface area contributed by atoms with Crippen LogP contribution in [0.15, 0.2) is 0 Å². The summed E-state index contributed by atoms with van der Waals surface area (Å²) in [6, 6.07) is -1.04. The van der Waals surface area contributed by atoms with Gasteiger partial charge in [-0.25, -0.2) is 0 Å². The Morgan fingerprint density at radius 2 is 0.619 bits per heavy atom. The number of hydrogen-bond acceptors (Lipinski definition) is 18. The lowest BCUT2D eigenvalue weighted by Crippen LogP contribution is -2.61. The molecule has 0 unspecified atom stereocenters. The highest BCUT2D eigenvalue weighted by Crippen LogP contribution is 2.17. The Balaban J connectivity index is -0.0000000944. The second-order valence-corrected chi connectivity index (χ2v) is 10.9. The van der Waals surface area contributed by atoms with Crippen molar-refractivity contribution in [3.63, 3.8) is 0 Å². The van der Waals surface area contributed by atoms with Gasteiger partial charge < -0.3 is 30.9 Å². The molecule has 1 aliphatic heterocycles. The van der Waals surface area contributed by atoms with Crippen LogP contribution in [0.2, 0.25) is 0 Å². The number of rotatable bonds is 1. The van der Waals surface area contributed by atoms with Gasteiger partial charge in [-0.15, -0.1) is 0 Å². The predicted molar refractivity (Wildman–Crippen MR) is 123 cm³/mol. The van der Waals surface area contributed by atoms with Crippen molar-refractivity contribution in [2.75, 3.05) is 6.61 Å². The molecule has 1 fully saturated rings. The average molecular weight is 768 g/mol.